The zero-order chi connectivity index (χ0) is 17.6. The first-order valence-corrected chi connectivity index (χ1v) is 9.71. The Labute approximate surface area is 158 Å². The number of rotatable bonds is 7. The van der Waals surface area contributed by atoms with Crippen LogP contribution >= 0.6 is 34.7 Å². The topological polar surface area (TPSA) is 63.9 Å². The first-order valence-electron chi connectivity index (χ1n) is 7.53. The highest BCUT2D eigenvalue weighted by molar-refractivity contribution is 7.99. The Balaban J connectivity index is 1.54. The van der Waals surface area contributed by atoms with Gasteiger partial charge in [-0.1, -0.05) is 53.7 Å². The summed E-state index contributed by atoms with van der Waals surface area (Å²) in [4.78, 5) is 15.1. The summed E-state index contributed by atoms with van der Waals surface area (Å²) in [5, 5.41) is 12.4. The van der Waals surface area contributed by atoms with Crippen LogP contribution in [0.15, 0.2) is 47.6 Å². The molecule has 9 heteroatoms. The fourth-order valence-electron chi connectivity index (χ4n) is 2.15. The summed E-state index contributed by atoms with van der Waals surface area (Å²) in [5.41, 5.74) is 1.11. The average molecular weight is 394 g/mol. The predicted molar refractivity (Wildman–Crippen MR) is 99.9 cm³/mol. The van der Waals surface area contributed by atoms with Crippen LogP contribution in [0.3, 0.4) is 0 Å². The van der Waals surface area contributed by atoms with Crippen molar-refractivity contribution in [3.05, 3.63) is 57.2 Å². The highest BCUT2D eigenvalue weighted by atomic mass is 35.5. The molecule has 1 amide bonds. The van der Waals surface area contributed by atoms with Gasteiger partial charge in [-0.15, -0.1) is 16.4 Å². The molecule has 2 aromatic heterocycles. The Morgan fingerprint density at radius 2 is 2.08 bits per heavy atom. The van der Waals surface area contributed by atoms with Gasteiger partial charge in [0.25, 0.3) is 0 Å². The molecule has 0 spiro atoms. The Kier molecular flexibility index (Phi) is 6.06. The van der Waals surface area contributed by atoms with Gasteiger partial charge in [0.2, 0.25) is 11.1 Å². The Morgan fingerprint density at radius 3 is 2.80 bits per heavy atom. The number of hydrogen-bond donors (Lipinski definition) is 0. The number of amides is 1. The van der Waals surface area contributed by atoms with E-state index in [9.17, 15) is 4.79 Å². The van der Waals surface area contributed by atoms with Crippen molar-refractivity contribution >= 4 is 40.6 Å². The standard InChI is InChI=1S/C16H16ClN5OS2/c1-21(10-13-7-8-14(17)25-13)15(23)11-24-16-18-19-20-22(16)9-12-5-3-2-4-6-12/h2-8H,9-11H2,1H3. The van der Waals surface area contributed by atoms with Gasteiger partial charge in [-0.25, -0.2) is 4.68 Å². The molecule has 0 aliphatic heterocycles. The molecular weight excluding hydrogens is 378 g/mol. The van der Waals surface area contributed by atoms with E-state index in [1.807, 2.05) is 42.5 Å². The van der Waals surface area contributed by atoms with Crippen molar-refractivity contribution in [2.75, 3.05) is 12.8 Å². The van der Waals surface area contributed by atoms with E-state index in [1.54, 1.807) is 16.6 Å². The lowest BCUT2D eigenvalue weighted by molar-refractivity contribution is -0.127. The van der Waals surface area contributed by atoms with Crippen molar-refractivity contribution in [1.82, 2.24) is 25.1 Å². The lowest BCUT2D eigenvalue weighted by atomic mass is 10.2. The van der Waals surface area contributed by atoms with Crippen molar-refractivity contribution in [3.63, 3.8) is 0 Å². The van der Waals surface area contributed by atoms with E-state index < -0.39 is 0 Å². The molecule has 0 fully saturated rings. The smallest absolute Gasteiger partial charge is 0.233 e. The molecule has 3 rings (SSSR count). The Morgan fingerprint density at radius 1 is 1.28 bits per heavy atom. The van der Waals surface area contributed by atoms with Gasteiger partial charge in [0, 0.05) is 11.9 Å². The number of carbonyl (C=O) groups excluding carboxylic acids is 1. The summed E-state index contributed by atoms with van der Waals surface area (Å²) in [5.74, 6) is 0.300. The lowest BCUT2D eigenvalue weighted by Gasteiger charge is -2.15. The Bertz CT molecular complexity index is 836. The van der Waals surface area contributed by atoms with E-state index in [2.05, 4.69) is 15.5 Å². The van der Waals surface area contributed by atoms with Crippen LogP contribution in [0.25, 0.3) is 0 Å². The van der Waals surface area contributed by atoms with Crippen molar-refractivity contribution in [2.24, 2.45) is 0 Å². The largest absolute Gasteiger partial charge is 0.340 e. The number of benzene rings is 1. The van der Waals surface area contributed by atoms with Gasteiger partial charge in [-0.3, -0.25) is 4.79 Å². The second kappa shape index (κ2) is 8.46. The number of nitrogens with zero attached hydrogens (tertiary/aromatic N) is 5. The Hall–Kier alpha value is -1.90. The van der Waals surface area contributed by atoms with E-state index in [1.165, 1.54) is 23.1 Å². The molecule has 0 saturated carbocycles. The molecule has 3 aromatic rings. The average Bonchev–Trinajstić information content (AvgIpc) is 3.22. The van der Waals surface area contributed by atoms with Crippen LogP contribution in [0.5, 0.6) is 0 Å². The van der Waals surface area contributed by atoms with E-state index in [4.69, 9.17) is 11.6 Å². The molecule has 2 heterocycles. The van der Waals surface area contributed by atoms with Crippen LogP contribution in [0.1, 0.15) is 10.4 Å². The molecule has 0 aliphatic rings. The van der Waals surface area contributed by atoms with E-state index in [-0.39, 0.29) is 11.7 Å². The molecule has 0 atom stereocenters. The lowest BCUT2D eigenvalue weighted by Crippen LogP contribution is -2.27. The second-order valence-corrected chi connectivity index (χ2v) is 8.09. The maximum atomic E-state index is 12.3. The SMILES string of the molecule is CN(Cc1ccc(Cl)s1)C(=O)CSc1nnnn1Cc1ccccc1. The fourth-order valence-corrected chi connectivity index (χ4v) is 4.11. The van der Waals surface area contributed by atoms with Crippen LogP contribution in [0.4, 0.5) is 0 Å². The number of aromatic nitrogens is 4. The molecule has 0 aliphatic carbocycles. The van der Waals surface area contributed by atoms with Crippen molar-refractivity contribution in [3.8, 4) is 0 Å². The van der Waals surface area contributed by atoms with Gasteiger partial charge < -0.3 is 4.90 Å². The molecule has 0 radical (unpaired) electrons. The highest BCUT2D eigenvalue weighted by Crippen LogP contribution is 2.23. The molecule has 0 unspecified atom stereocenters. The van der Waals surface area contributed by atoms with Crippen LogP contribution < -0.4 is 0 Å². The number of tetrazole rings is 1. The molecule has 130 valence electrons. The van der Waals surface area contributed by atoms with Crippen LogP contribution in [0, 0.1) is 0 Å². The van der Waals surface area contributed by atoms with Crippen LogP contribution in [-0.2, 0) is 17.9 Å². The minimum Gasteiger partial charge on any atom is -0.340 e. The summed E-state index contributed by atoms with van der Waals surface area (Å²) < 4.78 is 2.43. The third-order valence-electron chi connectivity index (χ3n) is 3.45. The maximum Gasteiger partial charge on any atom is 0.233 e. The van der Waals surface area contributed by atoms with E-state index in [0.717, 1.165) is 14.8 Å². The first kappa shape index (κ1) is 17.9. The molecule has 1 aromatic carbocycles. The molecular formula is C16H16ClN5OS2. The molecule has 0 bridgehead atoms. The van der Waals surface area contributed by atoms with Gasteiger partial charge in [0.1, 0.15) is 0 Å². The van der Waals surface area contributed by atoms with Gasteiger partial charge in [0.05, 0.1) is 23.2 Å². The van der Waals surface area contributed by atoms with Crippen molar-refractivity contribution in [2.45, 2.75) is 18.2 Å². The summed E-state index contributed by atoms with van der Waals surface area (Å²) in [7, 11) is 1.78. The molecule has 6 nitrogen and oxygen atoms in total. The molecule has 0 N–H and O–H groups in total. The third kappa shape index (κ3) is 5.04. The van der Waals surface area contributed by atoms with Gasteiger partial charge in [0.15, 0.2) is 0 Å². The predicted octanol–water partition coefficient (Wildman–Crippen LogP) is 3.19. The van der Waals surface area contributed by atoms with Crippen LogP contribution in [-0.4, -0.2) is 43.8 Å². The summed E-state index contributed by atoms with van der Waals surface area (Å²) in [6.07, 6.45) is 0. The summed E-state index contributed by atoms with van der Waals surface area (Å²) in [6.45, 7) is 1.12. The zero-order valence-electron chi connectivity index (χ0n) is 13.5. The third-order valence-corrected chi connectivity index (χ3v) is 5.60. The number of halogens is 1. The maximum absolute atomic E-state index is 12.3. The fraction of sp³-hybridized carbons (Fsp3) is 0.250. The first-order chi connectivity index (χ1) is 12.1. The van der Waals surface area contributed by atoms with Crippen molar-refractivity contribution < 1.29 is 4.79 Å². The van der Waals surface area contributed by atoms with E-state index >= 15 is 0 Å². The highest BCUT2D eigenvalue weighted by Gasteiger charge is 2.14. The quantitative estimate of drug-likeness (QED) is 0.577. The van der Waals surface area contributed by atoms with Crippen molar-refractivity contribution in [1.29, 1.82) is 0 Å². The number of carbonyl (C=O) groups is 1. The van der Waals surface area contributed by atoms with E-state index in [0.29, 0.717) is 18.2 Å². The normalized spacial score (nSPS) is 10.8. The summed E-state index contributed by atoms with van der Waals surface area (Å²) >= 11 is 8.74. The second-order valence-electron chi connectivity index (χ2n) is 5.35. The monoisotopic (exact) mass is 393 g/mol. The van der Waals surface area contributed by atoms with Gasteiger partial charge >= 0.3 is 0 Å². The van der Waals surface area contributed by atoms with Gasteiger partial charge in [-0.05, 0) is 28.1 Å². The van der Waals surface area contributed by atoms with Crippen LogP contribution in [0.2, 0.25) is 4.34 Å². The number of hydrogen-bond acceptors (Lipinski definition) is 6. The molecule has 25 heavy (non-hydrogen) atoms. The molecule has 0 saturated heterocycles. The minimum atomic E-state index is 0.0174. The minimum absolute atomic E-state index is 0.0174. The summed E-state index contributed by atoms with van der Waals surface area (Å²) in [6, 6.07) is 13.7. The number of thiophene rings is 1. The van der Waals surface area contributed by atoms with Gasteiger partial charge in [-0.2, -0.15) is 0 Å². The number of thioether (sulfide) groups is 1. The zero-order valence-corrected chi connectivity index (χ0v) is 15.9.